The minimum Gasteiger partial charge on any atom is -0.392 e. The Labute approximate surface area is 116 Å². The highest BCUT2D eigenvalue weighted by Gasteiger charge is 2.23. The molecule has 0 spiro atoms. The van der Waals surface area contributed by atoms with Gasteiger partial charge in [-0.2, -0.15) is 0 Å². The Kier molecular flexibility index (Phi) is 4.16. The molecular weight excluding hydrogens is 236 g/mol. The maximum absolute atomic E-state index is 9.72. The van der Waals surface area contributed by atoms with Gasteiger partial charge in [-0.25, -0.2) is 0 Å². The molecule has 3 heteroatoms. The zero-order valence-corrected chi connectivity index (χ0v) is 12.5. The minimum absolute atomic E-state index is 0.257. The highest BCUT2D eigenvalue weighted by Crippen LogP contribution is 2.26. The lowest BCUT2D eigenvalue weighted by atomic mass is 9.97. The van der Waals surface area contributed by atoms with Crippen molar-refractivity contribution in [3.8, 4) is 0 Å². The van der Waals surface area contributed by atoms with Gasteiger partial charge < -0.3 is 15.3 Å². The molecule has 0 aromatic heterocycles. The number of fused-ring (bicyclic) bond motifs is 1. The third-order valence-corrected chi connectivity index (χ3v) is 4.29. The van der Waals surface area contributed by atoms with Crippen LogP contribution in [0.25, 0.3) is 0 Å². The summed E-state index contributed by atoms with van der Waals surface area (Å²) in [7, 11) is 2.16. The van der Waals surface area contributed by atoms with E-state index in [0.717, 1.165) is 13.1 Å². The van der Waals surface area contributed by atoms with Crippen LogP contribution in [0.1, 0.15) is 38.3 Å². The number of nitrogens with one attached hydrogen (secondary N) is 1. The number of nitrogens with zero attached hydrogens (tertiary/aromatic N) is 1. The molecule has 3 nitrogen and oxygen atoms in total. The molecule has 0 fully saturated rings. The van der Waals surface area contributed by atoms with Crippen LogP contribution in [-0.4, -0.2) is 30.3 Å². The summed E-state index contributed by atoms with van der Waals surface area (Å²) in [6.45, 7) is 7.84. The van der Waals surface area contributed by atoms with Crippen LogP contribution in [0.15, 0.2) is 18.2 Å². The monoisotopic (exact) mass is 262 g/mol. The number of aliphatic hydroxyl groups excluding tert-OH is 1. The highest BCUT2D eigenvalue weighted by molar-refractivity contribution is 5.56. The molecule has 1 aromatic rings. The van der Waals surface area contributed by atoms with Crippen molar-refractivity contribution in [1.29, 1.82) is 0 Å². The van der Waals surface area contributed by atoms with Gasteiger partial charge in [0.25, 0.3) is 0 Å². The van der Waals surface area contributed by atoms with Gasteiger partial charge in [0.05, 0.1) is 6.10 Å². The van der Waals surface area contributed by atoms with E-state index < -0.39 is 0 Å². The molecule has 1 aromatic carbocycles. The van der Waals surface area contributed by atoms with E-state index in [1.165, 1.54) is 29.7 Å². The van der Waals surface area contributed by atoms with Crippen LogP contribution in [0.4, 0.5) is 5.69 Å². The molecule has 0 amide bonds. The Hall–Kier alpha value is -1.06. The molecule has 1 unspecified atom stereocenters. The van der Waals surface area contributed by atoms with Gasteiger partial charge >= 0.3 is 0 Å². The molecule has 0 saturated heterocycles. The first-order chi connectivity index (χ1) is 8.90. The van der Waals surface area contributed by atoms with Crippen molar-refractivity contribution in [3.05, 3.63) is 29.3 Å². The quantitative estimate of drug-likeness (QED) is 0.874. The average Bonchev–Trinajstić information content (AvgIpc) is 2.36. The van der Waals surface area contributed by atoms with Crippen molar-refractivity contribution in [2.75, 3.05) is 18.5 Å². The van der Waals surface area contributed by atoms with Crippen LogP contribution in [-0.2, 0) is 13.0 Å². The summed E-state index contributed by atoms with van der Waals surface area (Å²) in [5, 5.41) is 13.1. The van der Waals surface area contributed by atoms with Gasteiger partial charge in [0.2, 0.25) is 0 Å². The van der Waals surface area contributed by atoms with Gasteiger partial charge in [-0.15, -0.1) is 0 Å². The van der Waals surface area contributed by atoms with Gasteiger partial charge in [-0.3, -0.25) is 0 Å². The van der Waals surface area contributed by atoms with Crippen molar-refractivity contribution >= 4 is 5.69 Å². The Morgan fingerprint density at radius 2 is 2.16 bits per heavy atom. The Morgan fingerprint density at radius 1 is 1.42 bits per heavy atom. The summed E-state index contributed by atoms with van der Waals surface area (Å²) < 4.78 is 0. The Morgan fingerprint density at radius 3 is 2.84 bits per heavy atom. The fourth-order valence-corrected chi connectivity index (χ4v) is 2.43. The maximum Gasteiger partial charge on any atom is 0.0688 e. The number of hydrogen-bond donors (Lipinski definition) is 2. The summed E-state index contributed by atoms with van der Waals surface area (Å²) in [6.07, 6.45) is 2.05. The van der Waals surface area contributed by atoms with Gasteiger partial charge in [-0.05, 0) is 50.8 Å². The van der Waals surface area contributed by atoms with Crippen LogP contribution in [0, 0.1) is 0 Å². The van der Waals surface area contributed by atoms with Crippen molar-refractivity contribution in [1.82, 2.24) is 5.32 Å². The number of aryl methyl sites for hydroxylation is 1. The van der Waals surface area contributed by atoms with Gasteiger partial charge in [-0.1, -0.05) is 12.1 Å². The largest absolute Gasteiger partial charge is 0.392 e. The molecule has 0 bridgehead atoms. The van der Waals surface area contributed by atoms with E-state index in [4.69, 9.17) is 0 Å². The predicted molar refractivity (Wildman–Crippen MR) is 80.6 cm³/mol. The molecule has 106 valence electrons. The van der Waals surface area contributed by atoms with Crippen molar-refractivity contribution in [2.45, 2.75) is 51.8 Å². The number of rotatable bonds is 4. The molecule has 2 N–H and O–H groups in total. The van der Waals surface area contributed by atoms with Crippen LogP contribution in [0.2, 0.25) is 0 Å². The third-order valence-electron chi connectivity index (χ3n) is 4.29. The smallest absolute Gasteiger partial charge is 0.0688 e. The topological polar surface area (TPSA) is 35.5 Å². The van der Waals surface area contributed by atoms with Crippen LogP contribution in [0.3, 0.4) is 0 Å². The van der Waals surface area contributed by atoms with Gasteiger partial charge in [0.15, 0.2) is 0 Å². The second-order valence-corrected chi connectivity index (χ2v) is 6.24. The fourth-order valence-electron chi connectivity index (χ4n) is 2.43. The molecule has 1 aliphatic heterocycles. The zero-order chi connectivity index (χ0) is 14.0. The van der Waals surface area contributed by atoms with Crippen LogP contribution >= 0.6 is 0 Å². The predicted octanol–water partition coefficient (Wildman–Crippen LogP) is 2.32. The molecule has 0 saturated carbocycles. The second kappa shape index (κ2) is 5.51. The number of aliphatic hydroxyl groups is 1. The average molecular weight is 262 g/mol. The molecule has 0 aliphatic carbocycles. The zero-order valence-electron chi connectivity index (χ0n) is 12.5. The molecule has 1 aliphatic rings. The molecule has 1 heterocycles. The van der Waals surface area contributed by atoms with E-state index in [0.29, 0.717) is 0 Å². The third kappa shape index (κ3) is 3.28. The summed E-state index contributed by atoms with van der Waals surface area (Å²) in [5.41, 5.74) is 3.85. The Balaban J connectivity index is 2.07. The van der Waals surface area contributed by atoms with Gasteiger partial charge in [0, 0.05) is 31.4 Å². The lowest BCUT2D eigenvalue weighted by Gasteiger charge is -2.30. The van der Waals surface area contributed by atoms with Crippen LogP contribution in [0.5, 0.6) is 0 Å². The molecule has 0 radical (unpaired) electrons. The fraction of sp³-hybridized carbons (Fsp3) is 0.625. The van der Waals surface area contributed by atoms with Gasteiger partial charge in [0.1, 0.15) is 0 Å². The number of anilines is 1. The SMILES string of the molecule is CC(O)C(C)(C)NCc1ccc2c(c1)CCCN2C. The second-order valence-electron chi connectivity index (χ2n) is 6.24. The lowest BCUT2D eigenvalue weighted by molar-refractivity contribution is 0.0956. The Bertz CT molecular complexity index is 440. The molecular formula is C16H26N2O. The first-order valence-corrected chi connectivity index (χ1v) is 7.16. The molecule has 1 atom stereocenters. The molecule has 19 heavy (non-hydrogen) atoms. The van der Waals surface area contributed by atoms with E-state index in [-0.39, 0.29) is 11.6 Å². The first-order valence-electron chi connectivity index (χ1n) is 7.16. The van der Waals surface area contributed by atoms with Crippen LogP contribution < -0.4 is 10.2 Å². The summed E-state index contributed by atoms with van der Waals surface area (Å²) in [5.74, 6) is 0. The lowest BCUT2D eigenvalue weighted by Crippen LogP contribution is -2.47. The van der Waals surface area contributed by atoms with E-state index in [1.807, 2.05) is 20.8 Å². The summed E-state index contributed by atoms with van der Waals surface area (Å²) in [4.78, 5) is 2.33. The van der Waals surface area contributed by atoms with E-state index in [9.17, 15) is 5.11 Å². The summed E-state index contributed by atoms with van der Waals surface area (Å²) in [6, 6.07) is 6.71. The van der Waals surface area contributed by atoms with E-state index in [2.05, 4.69) is 35.5 Å². The van der Waals surface area contributed by atoms with E-state index in [1.54, 1.807) is 0 Å². The van der Waals surface area contributed by atoms with Crippen molar-refractivity contribution < 1.29 is 5.11 Å². The number of benzene rings is 1. The molecule has 2 rings (SSSR count). The standard InChI is InChI=1S/C16H26N2O/c1-12(19)16(2,3)17-11-13-7-8-15-14(10-13)6-5-9-18(15)4/h7-8,10,12,17,19H,5-6,9,11H2,1-4H3. The first kappa shape index (κ1) is 14.4. The van der Waals surface area contributed by atoms with Crippen molar-refractivity contribution in [2.24, 2.45) is 0 Å². The minimum atomic E-state index is -0.365. The maximum atomic E-state index is 9.72. The van der Waals surface area contributed by atoms with Crippen molar-refractivity contribution in [3.63, 3.8) is 0 Å². The highest BCUT2D eigenvalue weighted by atomic mass is 16.3. The normalized spacial score (nSPS) is 17.2. The summed E-state index contributed by atoms with van der Waals surface area (Å²) >= 11 is 0. The van der Waals surface area contributed by atoms with E-state index >= 15 is 0 Å². The number of hydrogen-bond acceptors (Lipinski definition) is 3.